The van der Waals surface area contributed by atoms with Crippen LogP contribution < -0.4 is 5.32 Å². The summed E-state index contributed by atoms with van der Waals surface area (Å²) in [7, 11) is 0. The second kappa shape index (κ2) is 5.02. The van der Waals surface area contributed by atoms with Gasteiger partial charge < -0.3 is 5.32 Å². The molecule has 0 aliphatic carbocycles. The number of anilines is 1. The van der Waals surface area contributed by atoms with E-state index in [9.17, 15) is 9.18 Å². The first-order valence-corrected chi connectivity index (χ1v) is 7.29. The van der Waals surface area contributed by atoms with Crippen molar-refractivity contribution in [1.29, 1.82) is 0 Å². The number of alkyl halides is 1. The molecule has 0 aromatic heterocycles. The Morgan fingerprint density at radius 3 is 2.80 bits per heavy atom. The van der Waals surface area contributed by atoms with Crippen LogP contribution in [0.3, 0.4) is 0 Å². The molecule has 0 bridgehead atoms. The van der Waals surface area contributed by atoms with E-state index < -0.39 is 0 Å². The van der Waals surface area contributed by atoms with Crippen molar-refractivity contribution in [2.75, 3.05) is 5.32 Å². The van der Waals surface area contributed by atoms with E-state index in [2.05, 4.69) is 21.2 Å². The zero-order valence-electron chi connectivity index (χ0n) is 10.9. The smallest absolute Gasteiger partial charge is 0.228 e. The molecule has 0 fully saturated rings. The number of aryl methyl sites for hydroxylation is 1. The van der Waals surface area contributed by atoms with Crippen LogP contribution in [0.25, 0.3) is 0 Å². The molecular formula is C16H13BrFNO. The van der Waals surface area contributed by atoms with Crippen LogP contribution in [-0.2, 0) is 11.2 Å². The maximum atomic E-state index is 13.2. The Morgan fingerprint density at radius 2 is 2.05 bits per heavy atom. The standard InChI is InChI=1S/C16H13BrFNO/c1-9-6-12(18)3-4-13(9)16(17)10-2-5-14-11(7-10)8-15(20)19-14/h2-7,16H,8H2,1H3,(H,19,20). The minimum Gasteiger partial charge on any atom is -0.326 e. The molecule has 0 saturated carbocycles. The Bertz CT molecular complexity index is 699. The molecule has 1 N–H and O–H groups in total. The molecule has 2 nitrogen and oxygen atoms in total. The van der Waals surface area contributed by atoms with Gasteiger partial charge in [-0.05, 0) is 47.4 Å². The minimum atomic E-state index is -0.227. The molecule has 0 radical (unpaired) electrons. The molecule has 3 rings (SSSR count). The molecule has 0 spiro atoms. The second-order valence-electron chi connectivity index (χ2n) is 5.01. The lowest BCUT2D eigenvalue weighted by Gasteiger charge is -2.14. The highest BCUT2D eigenvalue weighted by atomic mass is 79.9. The maximum Gasteiger partial charge on any atom is 0.228 e. The number of fused-ring (bicyclic) bond motifs is 1. The van der Waals surface area contributed by atoms with Crippen molar-refractivity contribution in [3.63, 3.8) is 0 Å². The van der Waals surface area contributed by atoms with Crippen molar-refractivity contribution in [3.8, 4) is 0 Å². The number of hydrogen-bond donors (Lipinski definition) is 1. The number of nitrogens with one attached hydrogen (secondary N) is 1. The molecule has 1 aliphatic rings. The predicted molar refractivity (Wildman–Crippen MR) is 80.7 cm³/mol. The van der Waals surface area contributed by atoms with Crippen LogP contribution in [0.15, 0.2) is 36.4 Å². The van der Waals surface area contributed by atoms with Gasteiger partial charge in [0.2, 0.25) is 5.91 Å². The summed E-state index contributed by atoms with van der Waals surface area (Å²) in [5.74, 6) is -0.198. The van der Waals surface area contributed by atoms with Crippen molar-refractivity contribution in [2.45, 2.75) is 18.2 Å². The summed E-state index contributed by atoms with van der Waals surface area (Å²) in [6, 6.07) is 10.7. The van der Waals surface area contributed by atoms with E-state index in [4.69, 9.17) is 0 Å². The Morgan fingerprint density at radius 1 is 1.25 bits per heavy atom. The average molecular weight is 334 g/mol. The van der Waals surface area contributed by atoms with E-state index >= 15 is 0 Å². The summed E-state index contributed by atoms with van der Waals surface area (Å²) in [5.41, 5.74) is 4.89. The highest BCUT2D eigenvalue weighted by Gasteiger charge is 2.20. The molecule has 4 heteroatoms. The molecule has 1 atom stereocenters. The van der Waals surface area contributed by atoms with Crippen LogP contribution in [-0.4, -0.2) is 5.91 Å². The number of benzene rings is 2. The Kier molecular flexibility index (Phi) is 3.34. The lowest BCUT2D eigenvalue weighted by molar-refractivity contribution is -0.115. The maximum absolute atomic E-state index is 13.2. The number of carbonyl (C=O) groups excluding carboxylic acids is 1. The first-order chi connectivity index (χ1) is 9.54. The zero-order chi connectivity index (χ0) is 14.3. The summed E-state index contributed by atoms with van der Waals surface area (Å²) in [4.78, 5) is 11.4. The monoisotopic (exact) mass is 333 g/mol. The van der Waals surface area contributed by atoms with Gasteiger partial charge in [0.15, 0.2) is 0 Å². The average Bonchev–Trinajstić information content (AvgIpc) is 2.77. The van der Waals surface area contributed by atoms with E-state index in [0.29, 0.717) is 6.42 Å². The molecule has 1 amide bonds. The van der Waals surface area contributed by atoms with Gasteiger partial charge in [0.25, 0.3) is 0 Å². The van der Waals surface area contributed by atoms with E-state index in [1.165, 1.54) is 12.1 Å². The highest BCUT2D eigenvalue weighted by Crippen LogP contribution is 2.35. The van der Waals surface area contributed by atoms with Crippen LogP contribution in [0.2, 0.25) is 0 Å². The second-order valence-corrected chi connectivity index (χ2v) is 5.92. The largest absolute Gasteiger partial charge is 0.326 e. The molecule has 2 aromatic carbocycles. The van der Waals surface area contributed by atoms with Crippen LogP contribution in [0.5, 0.6) is 0 Å². The normalized spacial score (nSPS) is 14.8. The van der Waals surface area contributed by atoms with Gasteiger partial charge in [0.1, 0.15) is 5.82 Å². The third kappa shape index (κ3) is 2.36. The van der Waals surface area contributed by atoms with Gasteiger partial charge >= 0.3 is 0 Å². The van der Waals surface area contributed by atoms with Gasteiger partial charge in [-0.1, -0.05) is 34.1 Å². The van der Waals surface area contributed by atoms with Gasteiger partial charge in [-0.15, -0.1) is 0 Å². The van der Waals surface area contributed by atoms with E-state index in [-0.39, 0.29) is 16.6 Å². The van der Waals surface area contributed by atoms with Crippen molar-refractivity contribution in [1.82, 2.24) is 0 Å². The molecule has 1 aliphatic heterocycles. The molecule has 1 heterocycles. The SMILES string of the molecule is Cc1cc(F)ccc1C(Br)c1ccc2c(c1)CC(=O)N2. The van der Waals surface area contributed by atoms with E-state index in [1.807, 2.05) is 25.1 Å². The summed E-state index contributed by atoms with van der Waals surface area (Å²) in [5, 5.41) is 2.82. The number of hydrogen-bond acceptors (Lipinski definition) is 1. The number of carbonyl (C=O) groups is 1. The van der Waals surface area contributed by atoms with E-state index in [0.717, 1.165) is 27.9 Å². The molecule has 1 unspecified atom stereocenters. The third-order valence-electron chi connectivity index (χ3n) is 3.55. The molecule has 102 valence electrons. The quantitative estimate of drug-likeness (QED) is 0.823. The van der Waals surface area contributed by atoms with Gasteiger partial charge in [-0.25, -0.2) is 4.39 Å². The Balaban J connectivity index is 1.97. The number of amides is 1. The van der Waals surface area contributed by atoms with Gasteiger partial charge in [0.05, 0.1) is 11.2 Å². The zero-order valence-corrected chi connectivity index (χ0v) is 12.5. The summed E-state index contributed by atoms with van der Waals surface area (Å²) in [6.45, 7) is 1.89. The summed E-state index contributed by atoms with van der Waals surface area (Å²) < 4.78 is 13.2. The van der Waals surface area contributed by atoms with Gasteiger partial charge in [-0.3, -0.25) is 4.79 Å². The fourth-order valence-electron chi connectivity index (χ4n) is 2.51. The fraction of sp³-hybridized carbons (Fsp3) is 0.188. The van der Waals surface area contributed by atoms with Crippen LogP contribution in [0.4, 0.5) is 10.1 Å². The van der Waals surface area contributed by atoms with Crippen LogP contribution in [0, 0.1) is 12.7 Å². The van der Waals surface area contributed by atoms with Crippen molar-refractivity contribution >= 4 is 27.5 Å². The summed E-state index contributed by atoms with van der Waals surface area (Å²) >= 11 is 3.67. The molecular weight excluding hydrogens is 321 g/mol. The van der Waals surface area contributed by atoms with E-state index in [1.54, 1.807) is 6.07 Å². The first-order valence-electron chi connectivity index (χ1n) is 6.37. The molecule has 2 aromatic rings. The van der Waals surface area contributed by atoms with Gasteiger partial charge in [-0.2, -0.15) is 0 Å². The fourth-order valence-corrected chi connectivity index (χ4v) is 3.31. The summed E-state index contributed by atoms with van der Waals surface area (Å²) in [6.07, 6.45) is 0.422. The van der Waals surface area contributed by atoms with Crippen molar-refractivity contribution in [3.05, 3.63) is 64.5 Å². The Hall–Kier alpha value is -1.68. The van der Waals surface area contributed by atoms with Gasteiger partial charge in [0, 0.05) is 5.69 Å². The topological polar surface area (TPSA) is 29.1 Å². The third-order valence-corrected chi connectivity index (χ3v) is 4.57. The Labute approximate surface area is 125 Å². The highest BCUT2D eigenvalue weighted by molar-refractivity contribution is 9.09. The predicted octanol–water partition coefficient (Wildman–Crippen LogP) is 4.11. The molecule has 20 heavy (non-hydrogen) atoms. The lowest BCUT2D eigenvalue weighted by Crippen LogP contribution is -2.03. The first kappa shape index (κ1) is 13.3. The number of rotatable bonds is 2. The van der Waals surface area contributed by atoms with Crippen LogP contribution >= 0.6 is 15.9 Å². The number of halogens is 2. The van der Waals surface area contributed by atoms with Crippen molar-refractivity contribution < 1.29 is 9.18 Å². The van der Waals surface area contributed by atoms with Crippen LogP contribution in [0.1, 0.15) is 27.1 Å². The minimum absolute atomic E-state index is 0.0101. The molecule has 0 saturated heterocycles. The van der Waals surface area contributed by atoms with Crippen molar-refractivity contribution in [2.24, 2.45) is 0 Å². The lowest BCUT2D eigenvalue weighted by atomic mass is 9.98.